The summed E-state index contributed by atoms with van der Waals surface area (Å²) in [5.74, 6) is -1.99. The van der Waals surface area contributed by atoms with Gasteiger partial charge in [0.05, 0.1) is 26.1 Å². The molecule has 0 aliphatic carbocycles. The molecule has 49 heavy (non-hydrogen) atoms. The molecule has 1 aromatic heterocycles. The number of rotatable bonds is 25. The van der Waals surface area contributed by atoms with Gasteiger partial charge in [0.15, 0.2) is 0 Å². The van der Waals surface area contributed by atoms with Crippen molar-refractivity contribution < 1.29 is 33.5 Å². The van der Waals surface area contributed by atoms with Crippen molar-refractivity contribution >= 4 is 35.4 Å². The second-order valence-corrected chi connectivity index (χ2v) is 12.7. The Morgan fingerprint density at radius 1 is 0.816 bits per heavy atom. The molecule has 0 aliphatic rings. The lowest BCUT2D eigenvalue weighted by atomic mass is 9.95. The highest BCUT2D eigenvalue weighted by Gasteiger charge is 2.31. The molecule has 6 amide bonds. The average Bonchev–Trinajstić information content (AvgIpc) is 3.54. The average molecular weight is 694 g/mol. The Labute approximate surface area is 290 Å². The Morgan fingerprint density at radius 3 is 1.96 bits per heavy atom. The summed E-state index contributed by atoms with van der Waals surface area (Å²) < 4.78 is 5.57. The zero-order chi connectivity index (χ0) is 36.8. The third-order valence-electron chi connectivity index (χ3n) is 7.75. The second kappa shape index (κ2) is 24.1. The van der Waals surface area contributed by atoms with E-state index in [4.69, 9.17) is 4.74 Å². The van der Waals surface area contributed by atoms with Gasteiger partial charge in [0.1, 0.15) is 12.1 Å². The molecule has 16 heteroatoms. The van der Waals surface area contributed by atoms with Crippen LogP contribution in [-0.4, -0.2) is 121 Å². The number of carbonyl (C=O) groups is 6. The van der Waals surface area contributed by atoms with Gasteiger partial charge in [-0.1, -0.05) is 41.0 Å². The third kappa shape index (κ3) is 19.5. The number of hydrogen-bond acceptors (Lipinski definition) is 9. The fourth-order valence-corrected chi connectivity index (χ4v) is 4.82. The molecule has 0 radical (unpaired) electrons. The number of aromatic nitrogens is 2. The molecule has 4 atom stereocenters. The molecular formula is C33H59N9O7. The smallest absolute Gasteiger partial charge is 0.243 e. The van der Waals surface area contributed by atoms with E-state index in [9.17, 15) is 28.8 Å². The summed E-state index contributed by atoms with van der Waals surface area (Å²) in [6.45, 7) is 15.0. The number of nitrogens with one attached hydrogen (secondary N) is 7. The van der Waals surface area contributed by atoms with E-state index < -0.39 is 18.0 Å². The van der Waals surface area contributed by atoms with Crippen LogP contribution in [0.15, 0.2) is 12.5 Å². The van der Waals surface area contributed by atoms with Crippen molar-refractivity contribution in [3.8, 4) is 0 Å². The lowest BCUT2D eigenvalue weighted by Gasteiger charge is -2.28. The lowest BCUT2D eigenvalue weighted by molar-refractivity contribution is -0.134. The predicted octanol–water partition coefficient (Wildman–Crippen LogP) is -0.527. The minimum atomic E-state index is -0.802. The zero-order valence-electron chi connectivity index (χ0n) is 30.3. The van der Waals surface area contributed by atoms with Crippen LogP contribution in [0.1, 0.15) is 67.0 Å². The van der Waals surface area contributed by atoms with Crippen molar-refractivity contribution in [1.82, 2.24) is 46.8 Å². The normalized spacial score (nSPS) is 13.6. The Bertz CT molecular complexity index is 1140. The molecule has 1 heterocycles. The van der Waals surface area contributed by atoms with Gasteiger partial charge in [-0.3, -0.25) is 33.7 Å². The van der Waals surface area contributed by atoms with Crippen molar-refractivity contribution in [2.75, 3.05) is 59.0 Å². The Kier molecular flexibility index (Phi) is 21.2. The van der Waals surface area contributed by atoms with E-state index in [1.165, 1.54) is 13.8 Å². The van der Waals surface area contributed by atoms with Crippen molar-refractivity contribution in [2.24, 2.45) is 17.8 Å². The van der Waals surface area contributed by atoms with Crippen LogP contribution in [0, 0.1) is 17.8 Å². The maximum Gasteiger partial charge on any atom is 0.243 e. The third-order valence-corrected chi connectivity index (χ3v) is 7.75. The lowest BCUT2D eigenvalue weighted by Crippen LogP contribution is -2.56. The molecule has 0 aliphatic heterocycles. The molecule has 1 rings (SSSR count). The first-order valence-electron chi connectivity index (χ1n) is 17.1. The van der Waals surface area contributed by atoms with Crippen molar-refractivity contribution in [1.29, 1.82) is 0 Å². The molecule has 0 bridgehead atoms. The number of amides is 6. The van der Waals surface area contributed by atoms with E-state index >= 15 is 0 Å². The van der Waals surface area contributed by atoms with E-state index in [2.05, 4.69) is 41.9 Å². The van der Waals surface area contributed by atoms with Gasteiger partial charge in [-0.05, 0) is 18.3 Å². The van der Waals surface area contributed by atoms with Gasteiger partial charge in [-0.25, -0.2) is 4.98 Å². The molecule has 0 fully saturated rings. The minimum Gasteiger partial charge on any atom is -0.378 e. The van der Waals surface area contributed by atoms with Crippen molar-refractivity contribution in [3.63, 3.8) is 0 Å². The van der Waals surface area contributed by atoms with E-state index in [1.54, 1.807) is 19.4 Å². The van der Waals surface area contributed by atoms with Gasteiger partial charge in [-0.2, -0.15) is 0 Å². The van der Waals surface area contributed by atoms with E-state index in [0.717, 1.165) is 5.69 Å². The molecule has 0 saturated heterocycles. The van der Waals surface area contributed by atoms with Crippen LogP contribution >= 0.6 is 0 Å². The number of carbonyl (C=O) groups excluding carboxylic acids is 6. The summed E-state index contributed by atoms with van der Waals surface area (Å²) in [5.41, 5.74) is 0.823. The fourth-order valence-electron chi connectivity index (χ4n) is 4.82. The van der Waals surface area contributed by atoms with Gasteiger partial charge in [0.2, 0.25) is 35.4 Å². The quantitative estimate of drug-likeness (QED) is 0.0655. The number of ether oxygens (including phenoxy) is 1. The number of imidazole rings is 1. The van der Waals surface area contributed by atoms with Crippen LogP contribution in [0.5, 0.6) is 0 Å². The molecule has 1 unspecified atom stereocenters. The van der Waals surface area contributed by atoms with E-state index in [0.29, 0.717) is 45.4 Å². The number of hydrogen-bond donors (Lipinski definition) is 7. The van der Waals surface area contributed by atoms with Crippen LogP contribution in [0.25, 0.3) is 0 Å². The number of aromatic amines is 1. The van der Waals surface area contributed by atoms with Gasteiger partial charge in [-0.15, -0.1) is 0 Å². The maximum absolute atomic E-state index is 13.4. The zero-order valence-corrected chi connectivity index (χ0v) is 30.3. The first kappa shape index (κ1) is 43.0. The van der Waals surface area contributed by atoms with Crippen molar-refractivity contribution in [2.45, 2.75) is 79.8 Å². The SMILES string of the molecule is CCC(C)[C@H](NC(=O)[C@@H](C)Cc1cnc[nH]1)C(=O)N[C@@H](CC(C)C)C(=O)NCCOCCNC(=O)CN(CCNC(C)=O)CCNC(C)=O. The summed E-state index contributed by atoms with van der Waals surface area (Å²) in [6.07, 6.45) is 4.73. The second-order valence-electron chi connectivity index (χ2n) is 12.7. The standard InChI is InChI=1S/C33H59N9O7/c1-8-23(4)30(41-31(46)24(5)18-27-19-34-21-39-27)33(48)40-28(17-22(2)3)32(47)38-12-16-49-15-11-37-29(45)20-42(13-9-35-25(6)43)14-10-36-26(7)44/h19,21-24,28,30H,8-18,20H2,1-7H3,(H,34,39)(H,35,43)(H,36,44)(H,37,45)(H,38,47)(H,40,48)(H,41,46)/t23?,24-,28-,30-/m0/s1. The van der Waals surface area contributed by atoms with Gasteiger partial charge < -0.3 is 41.6 Å². The highest BCUT2D eigenvalue weighted by Crippen LogP contribution is 2.13. The van der Waals surface area contributed by atoms with Crippen LogP contribution in [0.2, 0.25) is 0 Å². The first-order chi connectivity index (χ1) is 23.2. The van der Waals surface area contributed by atoms with E-state index in [-0.39, 0.29) is 80.1 Å². The Balaban J connectivity index is 2.54. The van der Waals surface area contributed by atoms with Crippen LogP contribution < -0.4 is 31.9 Å². The molecule has 0 aromatic carbocycles. The molecule has 278 valence electrons. The largest absolute Gasteiger partial charge is 0.378 e. The van der Waals surface area contributed by atoms with Gasteiger partial charge in [0.25, 0.3) is 0 Å². The van der Waals surface area contributed by atoms with Crippen LogP contribution in [-0.2, 0) is 39.9 Å². The van der Waals surface area contributed by atoms with Crippen LogP contribution in [0.4, 0.5) is 0 Å². The first-order valence-corrected chi connectivity index (χ1v) is 17.1. The molecule has 1 aromatic rings. The maximum atomic E-state index is 13.4. The summed E-state index contributed by atoms with van der Waals surface area (Å²) in [4.78, 5) is 83.1. The molecule has 16 nitrogen and oxygen atoms in total. The Morgan fingerprint density at radius 2 is 1.43 bits per heavy atom. The number of nitrogens with zero attached hydrogens (tertiary/aromatic N) is 2. The summed E-state index contributed by atoms with van der Waals surface area (Å²) >= 11 is 0. The Hall–Kier alpha value is -4.05. The predicted molar refractivity (Wildman–Crippen MR) is 185 cm³/mol. The monoisotopic (exact) mass is 693 g/mol. The summed E-state index contributed by atoms with van der Waals surface area (Å²) in [7, 11) is 0. The number of H-pyrrole nitrogens is 1. The van der Waals surface area contributed by atoms with E-state index in [1.807, 2.05) is 32.6 Å². The molecule has 0 saturated carbocycles. The minimum absolute atomic E-state index is 0.0873. The molecule has 0 spiro atoms. The van der Waals surface area contributed by atoms with Crippen molar-refractivity contribution in [3.05, 3.63) is 18.2 Å². The van der Waals surface area contributed by atoms with Crippen LogP contribution in [0.3, 0.4) is 0 Å². The topological polar surface area (TPSA) is 216 Å². The summed E-state index contributed by atoms with van der Waals surface area (Å²) in [6, 6.07) is -1.60. The summed E-state index contributed by atoms with van der Waals surface area (Å²) in [5, 5.41) is 16.7. The highest BCUT2D eigenvalue weighted by molar-refractivity contribution is 5.92. The molecular weight excluding hydrogens is 634 g/mol. The fraction of sp³-hybridized carbons (Fsp3) is 0.727. The molecule has 7 N–H and O–H groups in total. The van der Waals surface area contributed by atoms with Gasteiger partial charge >= 0.3 is 0 Å². The highest BCUT2D eigenvalue weighted by atomic mass is 16.5. The van der Waals surface area contributed by atoms with Gasteiger partial charge in [0, 0.05) is 77.3 Å².